The Morgan fingerprint density at radius 3 is 2.52 bits per heavy atom. The summed E-state index contributed by atoms with van der Waals surface area (Å²) < 4.78 is 5.49. The summed E-state index contributed by atoms with van der Waals surface area (Å²) >= 11 is 0. The minimum Gasteiger partial charge on any atom is -0.463 e. The number of amides is 2. The number of rotatable bonds is 17. The molecule has 1 heterocycles. The van der Waals surface area contributed by atoms with E-state index in [1.54, 1.807) is 17.1 Å². The second kappa shape index (κ2) is 16.1. The highest BCUT2D eigenvalue weighted by Gasteiger charge is 2.27. The lowest BCUT2D eigenvalue weighted by Crippen LogP contribution is -2.44. The molecule has 0 spiro atoms. The summed E-state index contributed by atoms with van der Waals surface area (Å²) in [7, 11) is 0. The number of para-hydroxylation sites is 1. The molecular formula is C32H39N3O5. The molecule has 2 atom stereocenters. The molecule has 1 aromatic heterocycles. The second-order valence-corrected chi connectivity index (χ2v) is 9.73. The summed E-state index contributed by atoms with van der Waals surface area (Å²) in [5.74, 6) is -1.58. The quantitative estimate of drug-likeness (QED) is 0.173. The molecule has 0 saturated carbocycles. The Hall–Kier alpha value is -4.17. The third-order valence-corrected chi connectivity index (χ3v) is 6.67. The van der Waals surface area contributed by atoms with Gasteiger partial charge in [0.05, 0.1) is 18.6 Å². The predicted octanol–water partition coefficient (Wildman–Crippen LogP) is 4.31. The van der Waals surface area contributed by atoms with Crippen molar-refractivity contribution < 1.29 is 24.2 Å². The van der Waals surface area contributed by atoms with Crippen LogP contribution in [0.25, 0.3) is 10.9 Å². The van der Waals surface area contributed by atoms with Gasteiger partial charge < -0.3 is 25.0 Å². The van der Waals surface area contributed by atoms with Gasteiger partial charge >= 0.3 is 5.97 Å². The number of aromatic nitrogens is 1. The highest BCUT2D eigenvalue weighted by molar-refractivity contribution is 5.86. The first-order valence-electron chi connectivity index (χ1n) is 13.6. The molecule has 3 aromatic rings. The summed E-state index contributed by atoms with van der Waals surface area (Å²) in [6.45, 7) is 7.73. The van der Waals surface area contributed by atoms with Crippen LogP contribution in [0.5, 0.6) is 0 Å². The maximum atomic E-state index is 13.5. The van der Waals surface area contributed by atoms with E-state index in [-0.39, 0.29) is 50.4 Å². The number of esters is 1. The minimum absolute atomic E-state index is 0.000618. The third-order valence-electron chi connectivity index (χ3n) is 6.67. The number of nitrogens with one attached hydrogen (secondary N) is 2. The first-order valence-corrected chi connectivity index (χ1v) is 13.6. The van der Waals surface area contributed by atoms with Crippen molar-refractivity contribution in [3.05, 3.63) is 97.2 Å². The number of hydrogen-bond donors (Lipinski definition) is 3. The zero-order valence-electron chi connectivity index (χ0n) is 22.9. The molecule has 0 aliphatic heterocycles. The summed E-state index contributed by atoms with van der Waals surface area (Å²) in [5, 5.41) is 13.6. The molecule has 2 aromatic carbocycles. The SMILES string of the molecule is C=CCCC(=O)OCC(Cc1c[nH]c2ccccc12)NC(=O)C(CC=C)CC(=O)N(CCO)Cc1ccccc1. The number of carbonyl (C=O) groups is 3. The molecule has 0 saturated heterocycles. The molecule has 8 heteroatoms. The summed E-state index contributed by atoms with van der Waals surface area (Å²) in [6.07, 6.45) is 6.59. The fraction of sp³-hybridized carbons (Fsp3) is 0.344. The van der Waals surface area contributed by atoms with E-state index >= 15 is 0 Å². The predicted molar refractivity (Wildman–Crippen MR) is 156 cm³/mol. The van der Waals surface area contributed by atoms with E-state index in [9.17, 15) is 19.5 Å². The van der Waals surface area contributed by atoms with Crippen LogP contribution in [-0.2, 0) is 32.1 Å². The number of benzene rings is 2. The number of carbonyl (C=O) groups excluding carboxylic acids is 3. The first-order chi connectivity index (χ1) is 19.4. The summed E-state index contributed by atoms with van der Waals surface area (Å²) in [5.41, 5.74) is 2.89. The number of ether oxygens (including phenoxy) is 1. The van der Waals surface area contributed by atoms with Gasteiger partial charge in [-0.05, 0) is 36.5 Å². The molecule has 40 heavy (non-hydrogen) atoms. The van der Waals surface area contributed by atoms with Gasteiger partial charge in [-0.3, -0.25) is 14.4 Å². The van der Waals surface area contributed by atoms with Crippen molar-refractivity contribution in [2.75, 3.05) is 19.8 Å². The van der Waals surface area contributed by atoms with Gasteiger partial charge in [0.25, 0.3) is 0 Å². The average Bonchev–Trinajstić information content (AvgIpc) is 3.37. The average molecular weight is 546 g/mol. The van der Waals surface area contributed by atoms with E-state index in [4.69, 9.17) is 4.74 Å². The molecule has 212 valence electrons. The van der Waals surface area contributed by atoms with Crippen LogP contribution in [0.15, 0.2) is 86.1 Å². The van der Waals surface area contributed by atoms with Crippen LogP contribution in [0, 0.1) is 5.92 Å². The smallest absolute Gasteiger partial charge is 0.306 e. The van der Waals surface area contributed by atoms with Crippen molar-refractivity contribution >= 4 is 28.7 Å². The largest absolute Gasteiger partial charge is 0.463 e. The Kier molecular flexibility index (Phi) is 12.2. The van der Waals surface area contributed by atoms with Crippen LogP contribution in [0.2, 0.25) is 0 Å². The van der Waals surface area contributed by atoms with Crippen LogP contribution in [0.1, 0.15) is 36.8 Å². The van der Waals surface area contributed by atoms with Crippen molar-refractivity contribution in [1.82, 2.24) is 15.2 Å². The van der Waals surface area contributed by atoms with Gasteiger partial charge in [-0.1, -0.05) is 60.7 Å². The standard InChI is InChI=1S/C32H39N3O5/c1-3-5-16-31(38)40-23-27(19-26-21-33-29-15-10-9-14-28(26)29)34-32(39)25(11-4-2)20-30(37)35(17-18-36)22-24-12-7-6-8-13-24/h3-4,6-10,12-15,21,25,27,33,36H,1-2,5,11,16-20,22-23H2,(H,34,39). The van der Waals surface area contributed by atoms with Gasteiger partial charge in [0, 0.05) is 43.0 Å². The Balaban J connectivity index is 1.72. The van der Waals surface area contributed by atoms with Gasteiger partial charge in [-0.2, -0.15) is 0 Å². The van der Waals surface area contributed by atoms with Crippen molar-refractivity contribution in [2.24, 2.45) is 5.92 Å². The van der Waals surface area contributed by atoms with Gasteiger partial charge in [0.1, 0.15) is 6.61 Å². The van der Waals surface area contributed by atoms with Crippen molar-refractivity contribution in [3.63, 3.8) is 0 Å². The number of hydrogen-bond acceptors (Lipinski definition) is 5. The van der Waals surface area contributed by atoms with E-state index in [0.717, 1.165) is 22.0 Å². The Morgan fingerprint density at radius 1 is 1.05 bits per heavy atom. The second-order valence-electron chi connectivity index (χ2n) is 9.73. The first kappa shape index (κ1) is 30.4. The Bertz CT molecular complexity index is 1270. The highest BCUT2D eigenvalue weighted by Crippen LogP contribution is 2.20. The van der Waals surface area contributed by atoms with Crippen LogP contribution >= 0.6 is 0 Å². The molecule has 0 radical (unpaired) electrons. The maximum absolute atomic E-state index is 13.5. The van der Waals surface area contributed by atoms with Crippen LogP contribution in [0.4, 0.5) is 0 Å². The molecule has 0 bridgehead atoms. The van der Waals surface area contributed by atoms with Gasteiger partial charge in [-0.15, -0.1) is 13.2 Å². The lowest BCUT2D eigenvalue weighted by molar-refractivity contribution is -0.145. The van der Waals surface area contributed by atoms with Crippen LogP contribution in [-0.4, -0.2) is 58.6 Å². The Morgan fingerprint density at radius 2 is 1.80 bits per heavy atom. The molecule has 0 fully saturated rings. The molecule has 8 nitrogen and oxygen atoms in total. The number of aliphatic hydroxyl groups excluding tert-OH is 1. The zero-order chi connectivity index (χ0) is 28.7. The number of aliphatic hydroxyl groups is 1. The fourth-order valence-corrected chi connectivity index (χ4v) is 4.56. The van der Waals surface area contributed by atoms with E-state index < -0.39 is 12.0 Å². The number of fused-ring (bicyclic) bond motifs is 1. The lowest BCUT2D eigenvalue weighted by atomic mass is 9.97. The van der Waals surface area contributed by atoms with Gasteiger partial charge in [0.15, 0.2) is 0 Å². The highest BCUT2D eigenvalue weighted by atomic mass is 16.5. The summed E-state index contributed by atoms with van der Waals surface area (Å²) in [6, 6.07) is 16.9. The molecule has 0 aliphatic rings. The fourth-order valence-electron chi connectivity index (χ4n) is 4.56. The minimum atomic E-state index is -0.663. The van der Waals surface area contributed by atoms with E-state index in [0.29, 0.717) is 25.8 Å². The molecule has 3 rings (SSSR count). The Labute approximate surface area is 235 Å². The van der Waals surface area contributed by atoms with Gasteiger partial charge in [0.2, 0.25) is 11.8 Å². The summed E-state index contributed by atoms with van der Waals surface area (Å²) in [4.78, 5) is 43.7. The third kappa shape index (κ3) is 9.24. The number of aromatic amines is 1. The number of allylic oxidation sites excluding steroid dienone is 2. The molecule has 0 aliphatic carbocycles. The maximum Gasteiger partial charge on any atom is 0.306 e. The molecule has 2 amide bonds. The topological polar surface area (TPSA) is 112 Å². The molecule has 2 unspecified atom stereocenters. The van der Waals surface area contributed by atoms with Crippen molar-refractivity contribution in [2.45, 2.75) is 44.7 Å². The molecular weight excluding hydrogens is 506 g/mol. The van der Waals surface area contributed by atoms with Crippen molar-refractivity contribution in [3.8, 4) is 0 Å². The van der Waals surface area contributed by atoms with Crippen LogP contribution in [0.3, 0.4) is 0 Å². The van der Waals surface area contributed by atoms with E-state index in [1.165, 1.54) is 0 Å². The molecule has 3 N–H and O–H groups in total. The monoisotopic (exact) mass is 545 g/mol. The van der Waals surface area contributed by atoms with E-state index in [1.807, 2.05) is 60.8 Å². The lowest BCUT2D eigenvalue weighted by Gasteiger charge is -2.26. The zero-order valence-corrected chi connectivity index (χ0v) is 22.9. The number of H-pyrrole nitrogens is 1. The van der Waals surface area contributed by atoms with Gasteiger partial charge in [-0.25, -0.2) is 0 Å². The number of nitrogens with zero attached hydrogens (tertiary/aromatic N) is 1. The van der Waals surface area contributed by atoms with Crippen molar-refractivity contribution in [1.29, 1.82) is 0 Å². The van der Waals surface area contributed by atoms with Crippen LogP contribution < -0.4 is 5.32 Å². The normalized spacial score (nSPS) is 12.3. The van der Waals surface area contributed by atoms with E-state index in [2.05, 4.69) is 23.5 Å².